The number of aliphatic carboxylic acids is 3. The second-order valence-corrected chi connectivity index (χ2v) is 29.4. The number of carboxylic acids is 3. The molecule has 0 saturated heterocycles. The summed E-state index contributed by atoms with van der Waals surface area (Å²) in [5, 5.41) is 79.9. The number of hydrogen-bond acceptors (Lipinski definition) is 21. The van der Waals surface area contributed by atoms with E-state index in [4.69, 9.17) is 28.7 Å². The maximum Gasteiger partial charge on any atom is 0.326 e. The van der Waals surface area contributed by atoms with E-state index in [1.807, 2.05) is 27.7 Å². The number of benzene rings is 1. The average Bonchev–Trinajstić information content (AvgIpc) is 0.845. The lowest BCUT2D eigenvalue weighted by Crippen LogP contribution is -2.62. The van der Waals surface area contributed by atoms with Crippen LogP contribution in [0.3, 0.4) is 0 Å². The molecule has 0 unspecified atom stereocenters. The molecule has 39 heteroatoms. The maximum atomic E-state index is 14.5. The molecule has 0 aliphatic rings. The van der Waals surface area contributed by atoms with Crippen LogP contribution >= 0.6 is 0 Å². The average molecular weight is 1560 g/mol. The Morgan fingerprint density at radius 3 is 1.16 bits per heavy atom. The number of aromatic hydroxyl groups is 1. The Kier molecular flexibility index (Phi) is 44.1. The molecular weight excluding hydrogens is 1440 g/mol. The van der Waals surface area contributed by atoms with Crippen molar-refractivity contribution in [3.8, 4) is 5.75 Å². The fraction of sp³-hybridized carbons (Fsp3) is 0.676. The highest BCUT2D eigenvalue weighted by molar-refractivity contribution is 6.01. The Bertz CT molecular complexity index is 3290. The minimum atomic E-state index is -2.03. The number of carbonyl (C=O) groups is 16. The van der Waals surface area contributed by atoms with Gasteiger partial charge < -0.3 is 118 Å². The number of aliphatic hydroxyl groups is 1. The lowest BCUT2D eigenvalue weighted by Gasteiger charge is -2.31. The number of guanidine groups is 1. The zero-order chi connectivity index (χ0) is 84.0. The number of primary amides is 1. The summed E-state index contributed by atoms with van der Waals surface area (Å²) >= 11 is 0. The number of hydrogen-bond donors (Lipinski definition) is 22. The quantitative estimate of drug-likeness (QED) is 0.0168. The third-order valence-corrected chi connectivity index (χ3v) is 17.1. The third kappa shape index (κ3) is 37.7. The van der Waals surface area contributed by atoms with Crippen LogP contribution < -0.4 is 92.5 Å². The lowest BCUT2D eigenvalue weighted by atomic mass is 9.97. The van der Waals surface area contributed by atoms with Crippen molar-refractivity contribution in [3.63, 3.8) is 0 Å². The Morgan fingerprint density at radius 1 is 0.391 bits per heavy atom. The summed E-state index contributed by atoms with van der Waals surface area (Å²) in [4.78, 5) is 222. The molecule has 0 bridgehead atoms. The van der Waals surface area contributed by atoms with E-state index in [1.165, 1.54) is 38.1 Å². The molecule has 620 valence electrons. The number of carboxylic acid groups (broad SMARTS) is 3. The topological polar surface area (TPSA) is 661 Å². The van der Waals surface area contributed by atoms with Gasteiger partial charge in [-0.25, -0.2) is 4.79 Å². The Morgan fingerprint density at radius 2 is 0.745 bits per heavy atom. The van der Waals surface area contributed by atoms with Crippen molar-refractivity contribution in [2.24, 2.45) is 69.2 Å². The van der Waals surface area contributed by atoms with Gasteiger partial charge in [0.25, 0.3) is 0 Å². The molecule has 0 aromatic heterocycles. The predicted octanol–water partition coefficient (Wildman–Crippen LogP) is -3.95. The van der Waals surface area contributed by atoms with Gasteiger partial charge in [0.05, 0.1) is 19.1 Å². The summed E-state index contributed by atoms with van der Waals surface area (Å²) < 4.78 is 0. The van der Waals surface area contributed by atoms with Crippen LogP contribution in [0.1, 0.15) is 172 Å². The second kappa shape index (κ2) is 49.7. The summed E-state index contributed by atoms with van der Waals surface area (Å²) in [6.07, 6.45) is -3.55. The lowest BCUT2D eigenvalue weighted by molar-refractivity contribution is -0.143. The van der Waals surface area contributed by atoms with Crippen LogP contribution in [0.4, 0.5) is 0 Å². The molecule has 27 N–H and O–H groups in total. The summed E-state index contributed by atoms with van der Waals surface area (Å²) in [6.45, 7) is 19.1. The fourth-order valence-electron chi connectivity index (χ4n) is 11.1. The van der Waals surface area contributed by atoms with Gasteiger partial charge in [0.2, 0.25) is 76.8 Å². The largest absolute Gasteiger partial charge is 0.508 e. The van der Waals surface area contributed by atoms with Gasteiger partial charge in [0.15, 0.2) is 5.96 Å². The first kappa shape index (κ1) is 97.7. The van der Waals surface area contributed by atoms with Crippen molar-refractivity contribution in [3.05, 3.63) is 29.8 Å². The van der Waals surface area contributed by atoms with E-state index in [-0.39, 0.29) is 93.1 Å². The number of unbranched alkanes of at least 4 members (excludes halogenated alkanes) is 1. The number of carbonyl (C=O) groups excluding carboxylic acids is 13. The molecule has 0 aliphatic heterocycles. The standard InChI is InChI=1S/C71H120N18O21/c1-34(2)28-42(73)58(97)82-48(30-36(5)6)65(104)87-56(38(9)10)68(107)89-57(39(11)12)69(108)88-55(37(7)8)67(106)85-50(32-54(95)96)64(103)84-49(31-40-18-20-41(91)21-19-40)63(102)86-51(33-90)66(105)80-44(22-24-52(74)92)60(99)78-43(16-13-14-26-72)59(98)79-45(23-25-53(93)94)61(100)83-47(29-35(3)4)62(101)81-46(70(109)110)17-15-27-77-71(75)76/h18-21,34-39,42-51,55-57,90-91H,13-17,22-33,72-73H2,1-12H3,(H2,74,92)(H,78,99)(H,79,98)(H,80,105)(H,81,101)(H,82,97)(H,83,100)(H,84,103)(H,85,106)(H,86,102)(H,87,104)(H,88,108)(H,89,107)(H,93,94)(H,95,96)(H,109,110)(H4,75,76,77)/t42-,43-,44-,45-,46-,47-,48-,49-,50-,51-,55-,56-,57-/m0/s1. The molecule has 0 fully saturated rings. The fourth-order valence-corrected chi connectivity index (χ4v) is 11.1. The Hall–Kier alpha value is -10.3. The molecule has 1 rings (SSSR count). The van der Waals surface area contributed by atoms with Gasteiger partial charge in [-0.05, 0) is 124 Å². The van der Waals surface area contributed by atoms with E-state index in [1.54, 1.807) is 41.5 Å². The summed E-state index contributed by atoms with van der Waals surface area (Å²) in [5.74, 6) is -20.6. The first-order chi connectivity index (χ1) is 51.3. The SMILES string of the molecule is CC(C)C[C@H](NC(=O)[C@H](CCC(=O)O)NC(=O)[C@H](CCCCN)NC(=O)[C@H](CCC(N)=O)NC(=O)[C@H](CO)NC(=O)[C@H](Cc1ccc(O)cc1)NC(=O)[C@H](CC(=O)O)NC(=O)[C@@H](NC(=O)[C@@H](NC(=O)[C@@H](NC(=O)[C@H](CC(C)C)NC(=O)[C@@H](N)CC(C)C)C(C)C)C(C)C)C(C)C)C(=O)N[C@@H](CCCN=C(N)N)C(=O)O. The molecule has 110 heavy (non-hydrogen) atoms. The number of nitrogens with one attached hydrogen (secondary N) is 12. The third-order valence-electron chi connectivity index (χ3n) is 17.1. The predicted molar refractivity (Wildman–Crippen MR) is 401 cm³/mol. The van der Waals surface area contributed by atoms with E-state index < -0.39 is 236 Å². The highest BCUT2D eigenvalue weighted by atomic mass is 16.4. The molecule has 0 saturated carbocycles. The van der Waals surface area contributed by atoms with Gasteiger partial charge in [0.1, 0.15) is 78.3 Å². The van der Waals surface area contributed by atoms with Crippen molar-refractivity contribution in [1.82, 2.24) is 63.8 Å². The minimum absolute atomic E-state index is 0.0289. The summed E-state index contributed by atoms with van der Waals surface area (Å²) in [7, 11) is 0. The van der Waals surface area contributed by atoms with Crippen LogP contribution in [0.2, 0.25) is 0 Å². The zero-order valence-corrected chi connectivity index (χ0v) is 64.9. The highest BCUT2D eigenvalue weighted by Crippen LogP contribution is 2.17. The van der Waals surface area contributed by atoms with Crippen molar-refractivity contribution >= 4 is 101 Å². The van der Waals surface area contributed by atoms with Crippen molar-refractivity contribution in [2.45, 2.75) is 252 Å². The van der Waals surface area contributed by atoms with E-state index in [2.05, 4.69) is 68.8 Å². The minimum Gasteiger partial charge on any atom is -0.508 e. The highest BCUT2D eigenvalue weighted by Gasteiger charge is 2.40. The van der Waals surface area contributed by atoms with E-state index >= 15 is 0 Å². The second-order valence-electron chi connectivity index (χ2n) is 29.4. The van der Waals surface area contributed by atoms with Crippen LogP contribution in [-0.2, 0) is 83.1 Å². The molecule has 1 aromatic carbocycles. The summed E-state index contributed by atoms with van der Waals surface area (Å²) in [6, 6.07) is -15.1. The number of aliphatic hydroxyl groups excluding tert-OH is 1. The monoisotopic (exact) mass is 1560 g/mol. The molecule has 39 nitrogen and oxygen atoms in total. The molecule has 0 aliphatic carbocycles. The normalized spacial score (nSPS) is 14.9. The number of nitrogens with zero attached hydrogens (tertiary/aromatic N) is 1. The summed E-state index contributed by atoms with van der Waals surface area (Å²) in [5.41, 5.74) is 28.2. The molecule has 0 radical (unpaired) electrons. The smallest absolute Gasteiger partial charge is 0.326 e. The van der Waals surface area contributed by atoms with Gasteiger partial charge in [-0.3, -0.25) is 76.9 Å². The van der Waals surface area contributed by atoms with Crippen LogP contribution in [0.15, 0.2) is 29.3 Å². The first-order valence-electron chi connectivity index (χ1n) is 36.8. The molecular formula is C71H120N18O21. The number of phenolic OH excluding ortho intramolecular Hbond substituents is 1. The van der Waals surface area contributed by atoms with Gasteiger partial charge in [0, 0.05) is 25.8 Å². The number of phenols is 1. The van der Waals surface area contributed by atoms with E-state index in [0.717, 1.165) is 0 Å². The number of aliphatic imine (C=N–C) groups is 1. The van der Waals surface area contributed by atoms with E-state index in [0.29, 0.717) is 6.42 Å². The molecule has 0 spiro atoms. The van der Waals surface area contributed by atoms with Crippen molar-refractivity contribution in [2.75, 3.05) is 19.7 Å². The van der Waals surface area contributed by atoms with Crippen LogP contribution in [0.25, 0.3) is 0 Å². The van der Waals surface area contributed by atoms with E-state index in [9.17, 15) is 102 Å². The molecule has 13 amide bonds. The Labute approximate surface area is 640 Å². The first-order valence-corrected chi connectivity index (χ1v) is 36.8. The van der Waals surface area contributed by atoms with Crippen molar-refractivity contribution in [1.29, 1.82) is 0 Å². The van der Waals surface area contributed by atoms with Gasteiger partial charge in [-0.1, -0.05) is 95.2 Å². The Balaban J connectivity index is 3.70. The molecule has 0 heterocycles. The van der Waals surface area contributed by atoms with Gasteiger partial charge in [-0.15, -0.1) is 0 Å². The van der Waals surface area contributed by atoms with Gasteiger partial charge >= 0.3 is 17.9 Å². The number of nitrogens with two attached hydrogens (primary N) is 5. The molecule has 1 aromatic rings. The van der Waals surface area contributed by atoms with Crippen LogP contribution in [0, 0.1) is 35.5 Å². The number of amides is 13. The van der Waals surface area contributed by atoms with Crippen LogP contribution in [-0.4, -0.2) is 224 Å². The maximum absolute atomic E-state index is 14.5. The van der Waals surface area contributed by atoms with Gasteiger partial charge in [-0.2, -0.15) is 0 Å². The zero-order valence-electron chi connectivity index (χ0n) is 64.9. The van der Waals surface area contributed by atoms with Crippen molar-refractivity contribution < 1.29 is 102 Å². The molecule has 13 atom stereocenters. The number of rotatable bonds is 53. The van der Waals surface area contributed by atoms with Crippen LogP contribution in [0.5, 0.6) is 5.75 Å².